The molecule has 0 amide bonds. The van der Waals surface area contributed by atoms with E-state index in [9.17, 15) is 4.39 Å². The molecule has 0 spiro atoms. The summed E-state index contributed by atoms with van der Waals surface area (Å²) in [6.45, 7) is 5.32. The van der Waals surface area contributed by atoms with E-state index in [0.29, 0.717) is 12.1 Å². The van der Waals surface area contributed by atoms with Crippen LogP contribution in [0.5, 0.6) is 0 Å². The first kappa shape index (κ1) is 12.8. The summed E-state index contributed by atoms with van der Waals surface area (Å²) in [4.78, 5) is 4.06. The van der Waals surface area contributed by atoms with Gasteiger partial charge in [-0.05, 0) is 19.1 Å². The number of pyridine rings is 1. The Morgan fingerprint density at radius 3 is 2.80 bits per heavy atom. The van der Waals surface area contributed by atoms with Gasteiger partial charge in [0.05, 0.1) is 5.69 Å². The number of hydrogen-bond acceptors (Lipinski definition) is 2. The van der Waals surface area contributed by atoms with E-state index in [2.05, 4.69) is 37.9 Å². The Hall–Kier alpha value is -0.230. The largest absolute Gasteiger partial charge is 0.258 e. The second-order valence-electron chi connectivity index (χ2n) is 3.66. The summed E-state index contributed by atoms with van der Waals surface area (Å²) >= 11 is 2.21. The lowest BCUT2D eigenvalue weighted by Crippen LogP contribution is -2.23. The van der Waals surface area contributed by atoms with Gasteiger partial charge < -0.3 is 0 Å². The van der Waals surface area contributed by atoms with E-state index >= 15 is 0 Å². The van der Waals surface area contributed by atoms with E-state index in [0.717, 1.165) is 13.1 Å². The van der Waals surface area contributed by atoms with E-state index in [1.54, 1.807) is 25.3 Å². The van der Waals surface area contributed by atoms with Gasteiger partial charge in [0.15, 0.2) is 5.67 Å². The molecule has 0 N–H and O–H groups in total. The fraction of sp³-hybridized carbons (Fsp3) is 0.545. The highest BCUT2D eigenvalue weighted by atomic mass is 127. The molecule has 1 aromatic rings. The van der Waals surface area contributed by atoms with Gasteiger partial charge in [-0.25, -0.2) is 7.50 Å². The normalized spacial score (nSPS) is 15.3. The van der Waals surface area contributed by atoms with E-state index in [1.165, 1.54) is 0 Å². The van der Waals surface area contributed by atoms with E-state index in [4.69, 9.17) is 0 Å². The van der Waals surface area contributed by atoms with Crippen molar-refractivity contribution < 1.29 is 4.39 Å². The lowest BCUT2D eigenvalue weighted by atomic mass is 9.99. The molecule has 84 valence electrons. The van der Waals surface area contributed by atoms with Gasteiger partial charge in [0, 0.05) is 48.6 Å². The number of hydrogen-bond donors (Lipinski definition) is 0. The van der Waals surface area contributed by atoms with Crippen LogP contribution in [0, 0.1) is 0 Å². The van der Waals surface area contributed by atoms with Crippen molar-refractivity contribution in [2.45, 2.75) is 25.9 Å². The van der Waals surface area contributed by atoms with E-state index in [-0.39, 0.29) is 0 Å². The Bertz CT molecular complexity index is 290. The second-order valence-corrected chi connectivity index (χ2v) is 5.03. The zero-order valence-corrected chi connectivity index (χ0v) is 11.2. The quantitative estimate of drug-likeness (QED) is 0.611. The fourth-order valence-electron chi connectivity index (χ4n) is 1.29. The van der Waals surface area contributed by atoms with Crippen LogP contribution in [0.15, 0.2) is 24.4 Å². The number of nitrogens with zero attached hydrogens (tertiary/aromatic N) is 2. The van der Waals surface area contributed by atoms with Crippen LogP contribution < -0.4 is 0 Å². The molecule has 0 bridgehead atoms. The number of alkyl halides is 1. The van der Waals surface area contributed by atoms with Gasteiger partial charge in [0.25, 0.3) is 0 Å². The van der Waals surface area contributed by atoms with Crippen molar-refractivity contribution in [3.63, 3.8) is 0 Å². The third-order valence-electron chi connectivity index (χ3n) is 2.37. The second kappa shape index (κ2) is 5.75. The van der Waals surface area contributed by atoms with Crippen LogP contribution in [0.4, 0.5) is 4.39 Å². The summed E-state index contributed by atoms with van der Waals surface area (Å²) in [7, 11) is 0. The molecule has 0 aliphatic rings. The minimum atomic E-state index is -1.33. The van der Waals surface area contributed by atoms with Crippen LogP contribution in [-0.4, -0.2) is 21.2 Å². The first-order chi connectivity index (χ1) is 7.06. The summed E-state index contributed by atoms with van der Waals surface area (Å²) in [6, 6.07) is 5.36. The van der Waals surface area contributed by atoms with Crippen molar-refractivity contribution >= 4 is 22.9 Å². The highest BCUT2D eigenvalue weighted by Crippen LogP contribution is 2.27. The van der Waals surface area contributed by atoms with Crippen molar-refractivity contribution in [1.82, 2.24) is 8.10 Å². The smallest absolute Gasteiger partial charge is 0.151 e. The zero-order valence-electron chi connectivity index (χ0n) is 9.08. The molecule has 1 atom stereocenters. The molecular formula is C11H16FIN2. The Morgan fingerprint density at radius 1 is 1.53 bits per heavy atom. The summed E-state index contributed by atoms with van der Waals surface area (Å²) < 4.78 is 16.3. The SMILES string of the molecule is CCN(I)CCC(C)(F)c1ccccn1. The topological polar surface area (TPSA) is 16.1 Å². The van der Waals surface area contributed by atoms with Crippen LogP contribution in [-0.2, 0) is 5.67 Å². The Labute approximate surface area is 104 Å². The van der Waals surface area contributed by atoms with Crippen molar-refractivity contribution in [2.75, 3.05) is 13.1 Å². The van der Waals surface area contributed by atoms with Gasteiger partial charge in [0.2, 0.25) is 0 Å². The minimum absolute atomic E-state index is 0.473. The summed E-state index contributed by atoms with van der Waals surface area (Å²) in [6.07, 6.45) is 2.11. The lowest BCUT2D eigenvalue weighted by molar-refractivity contribution is 0.162. The average molecular weight is 322 g/mol. The van der Waals surface area contributed by atoms with Gasteiger partial charge in [-0.1, -0.05) is 13.0 Å². The fourth-order valence-corrected chi connectivity index (χ4v) is 1.53. The van der Waals surface area contributed by atoms with Gasteiger partial charge in [0.1, 0.15) is 0 Å². The van der Waals surface area contributed by atoms with Crippen molar-refractivity contribution in [1.29, 1.82) is 0 Å². The van der Waals surface area contributed by atoms with Crippen molar-refractivity contribution in [3.05, 3.63) is 30.1 Å². The zero-order chi connectivity index (χ0) is 11.3. The molecule has 0 aliphatic carbocycles. The molecule has 4 heteroatoms. The molecule has 0 saturated carbocycles. The number of aromatic nitrogens is 1. The molecule has 0 saturated heterocycles. The van der Waals surface area contributed by atoms with Gasteiger partial charge in [-0.3, -0.25) is 4.98 Å². The predicted molar refractivity (Wildman–Crippen MR) is 68.6 cm³/mol. The standard InChI is InChI=1S/C11H16FIN2/c1-3-15(13)9-7-11(2,12)10-6-4-5-8-14-10/h4-6,8H,3,7,9H2,1-2H3. The third-order valence-corrected chi connectivity index (χ3v) is 3.53. The van der Waals surface area contributed by atoms with Crippen LogP contribution in [0.2, 0.25) is 0 Å². The highest BCUT2D eigenvalue weighted by molar-refractivity contribution is 14.1. The maximum atomic E-state index is 14.2. The van der Waals surface area contributed by atoms with E-state index < -0.39 is 5.67 Å². The molecule has 1 aromatic heterocycles. The Balaban J connectivity index is 2.59. The van der Waals surface area contributed by atoms with Crippen LogP contribution in [0.1, 0.15) is 26.0 Å². The van der Waals surface area contributed by atoms with Gasteiger partial charge >= 0.3 is 0 Å². The van der Waals surface area contributed by atoms with Crippen LogP contribution in [0.25, 0.3) is 0 Å². The molecular weight excluding hydrogens is 306 g/mol. The highest BCUT2D eigenvalue weighted by Gasteiger charge is 2.27. The minimum Gasteiger partial charge on any atom is -0.258 e. The van der Waals surface area contributed by atoms with Crippen molar-refractivity contribution in [3.8, 4) is 0 Å². The first-order valence-corrected chi connectivity index (χ1v) is 6.04. The molecule has 0 aromatic carbocycles. The summed E-state index contributed by atoms with van der Waals surface area (Å²) in [5.41, 5.74) is -0.814. The number of rotatable bonds is 5. The van der Waals surface area contributed by atoms with E-state index in [1.807, 2.05) is 6.07 Å². The molecule has 0 aliphatic heterocycles. The maximum absolute atomic E-state index is 14.2. The molecule has 0 radical (unpaired) electrons. The first-order valence-electron chi connectivity index (χ1n) is 5.07. The summed E-state index contributed by atoms with van der Waals surface area (Å²) in [5.74, 6) is 0. The lowest BCUT2D eigenvalue weighted by Gasteiger charge is -2.22. The van der Waals surface area contributed by atoms with Gasteiger partial charge in [-0.15, -0.1) is 0 Å². The van der Waals surface area contributed by atoms with Crippen LogP contribution in [0.3, 0.4) is 0 Å². The molecule has 1 unspecified atom stereocenters. The monoisotopic (exact) mass is 322 g/mol. The number of halogens is 2. The molecule has 1 heterocycles. The van der Waals surface area contributed by atoms with Crippen LogP contribution >= 0.6 is 22.9 Å². The van der Waals surface area contributed by atoms with Crippen molar-refractivity contribution in [2.24, 2.45) is 0 Å². The Morgan fingerprint density at radius 2 is 2.27 bits per heavy atom. The molecule has 15 heavy (non-hydrogen) atoms. The molecule has 2 nitrogen and oxygen atoms in total. The maximum Gasteiger partial charge on any atom is 0.151 e. The van der Waals surface area contributed by atoms with Gasteiger partial charge in [-0.2, -0.15) is 0 Å². The molecule has 1 rings (SSSR count). The average Bonchev–Trinajstić information content (AvgIpc) is 2.27. The summed E-state index contributed by atoms with van der Waals surface area (Å²) in [5, 5.41) is 0. The predicted octanol–water partition coefficient (Wildman–Crippen LogP) is 3.33. The Kier molecular flexibility index (Phi) is 4.92. The third kappa shape index (κ3) is 4.03. The molecule has 0 fully saturated rings.